The molecule has 0 spiro atoms. The van der Waals surface area contributed by atoms with Crippen molar-refractivity contribution in [2.75, 3.05) is 13.1 Å². The molecule has 7 nitrogen and oxygen atoms in total. The van der Waals surface area contributed by atoms with Gasteiger partial charge in [0, 0.05) is 24.8 Å². The van der Waals surface area contributed by atoms with Gasteiger partial charge in [-0.3, -0.25) is 4.68 Å². The van der Waals surface area contributed by atoms with E-state index >= 15 is 0 Å². The lowest BCUT2D eigenvalue weighted by molar-refractivity contribution is -0.000393. The molecule has 0 bridgehead atoms. The highest BCUT2D eigenvalue weighted by Crippen LogP contribution is 2.31. The van der Waals surface area contributed by atoms with Crippen LogP contribution < -0.4 is 0 Å². The maximum atomic E-state index is 12.1. The molecule has 7 heteroatoms. The topological polar surface area (TPSA) is 84.7 Å². The minimum absolute atomic E-state index is 0.116. The summed E-state index contributed by atoms with van der Waals surface area (Å²) in [6, 6.07) is 11.1. The van der Waals surface area contributed by atoms with Crippen LogP contribution in [0, 0.1) is 0 Å². The average Bonchev–Trinajstić information content (AvgIpc) is 3.07. The largest absolute Gasteiger partial charge is 0.478 e. The van der Waals surface area contributed by atoms with E-state index in [0.29, 0.717) is 13.1 Å². The SMILES string of the molecule is CC(C)(C)OC(=O)N1CC(n2cc(-c3cccc4cc(C(=O)O)ccc34)cn2)C1. The fourth-order valence-corrected chi connectivity index (χ4v) is 3.44. The predicted octanol–water partition coefficient (Wildman–Crippen LogP) is 4.19. The van der Waals surface area contributed by atoms with E-state index in [1.54, 1.807) is 23.2 Å². The number of aromatic nitrogens is 2. The smallest absolute Gasteiger partial charge is 0.410 e. The van der Waals surface area contributed by atoms with Gasteiger partial charge in [0.2, 0.25) is 0 Å². The molecule has 4 rings (SSSR count). The number of carboxylic acids is 1. The van der Waals surface area contributed by atoms with Gasteiger partial charge in [-0.15, -0.1) is 0 Å². The van der Waals surface area contributed by atoms with Gasteiger partial charge in [-0.2, -0.15) is 5.10 Å². The fraction of sp³-hybridized carbons (Fsp3) is 0.318. The third-order valence-electron chi connectivity index (χ3n) is 4.93. The first-order chi connectivity index (χ1) is 13.7. The van der Waals surface area contributed by atoms with Gasteiger partial charge < -0.3 is 14.7 Å². The number of likely N-dealkylation sites (tertiary alicyclic amines) is 1. The van der Waals surface area contributed by atoms with E-state index in [1.807, 2.05) is 55.9 Å². The monoisotopic (exact) mass is 393 g/mol. The predicted molar refractivity (Wildman–Crippen MR) is 109 cm³/mol. The normalized spacial score (nSPS) is 14.7. The van der Waals surface area contributed by atoms with Crippen molar-refractivity contribution in [2.45, 2.75) is 32.4 Å². The number of nitrogens with zero attached hydrogens (tertiary/aromatic N) is 3. The third kappa shape index (κ3) is 3.81. The number of carbonyl (C=O) groups excluding carboxylic acids is 1. The maximum absolute atomic E-state index is 12.1. The molecule has 1 fully saturated rings. The van der Waals surface area contributed by atoms with Gasteiger partial charge in [0.25, 0.3) is 0 Å². The number of carboxylic acid groups (broad SMARTS) is 1. The highest BCUT2D eigenvalue weighted by molar-refractivity contribution is 6.00. The summed E-state index contributed by atoms with van der Waals surface area (Å²) >= 11 is 0. The maximum Gasteiger partial charge on any atom is 0.410 e. The Morgan fingerprint density at radius 1 is 1.17 bits per heavy atom. The van der Waals surface area contributed by atoms with Crippen LogP contribution in [0.5, 0.6) is 0 Å². The van der Waals surface area contributed by atoms with Gasteiger partial charge in [0.05, 0.1) is 17.8 Å². The number of aromatic carboxylic acids is 1. The second-order valence-electron chi connectivity index (χ2n) is 8.29. The summed E-state index contributed by atoms with van der Waals surface area (Å²) in [7, 11) is 0. The zero-order valence-electron chi connectivity index (χ0n) is 16.6. The summed E-state index contributed by atoms with van der Waals surface area (Å²) in [5.74, 6) is -0.940. The number of carbonyl (C=O) groups is 2. The minimum atomic E-state index is -0.940. The molecule has 1 amide bonds. The van der Waals surface area contributed by atoms with Gasteiger partial charge in [0.1, 0.15) is 5.60 Å². The number of amides is 1. The lowest BCUT2D eigenvalue weighted by Crippen LogP contribution is -2.52. The van der Waals surface area contributed by atoms with Gasteiger partial charge in [-0.05, 0) is 49.2 Å². The molecule has 0 atom stereocenters. The van der Waals surface area contributed by atoms with E-state index in [-0.39, 0.29) is 17.7 Å². The molecule has 1 aliphatic rings. The van der Waals surface area contributed by atoms with Crippen LogP contribution in [-0.2, 0) is 4.74 Å². The van der Waals surface area contributed by atoms with Gasteiger partial charge >= 0.3 is 12.1 Å². The zero-order chi connectivity index (χ0) is 20.8. The van der Waals surface area contributed by atoms with Crippen LogP contribution in [-0.4, -0.2) is 50.5 Å². The molecule has 2 aromatic carbocycles. The van der Waals surface area contributed by atoms with Crippen LogP contribution >= 0.6 is 0 Å². The van der Waals surface area contributed by atoms with Crippen molar-refractivity contribution in [1.82, 2.24) is 14.7 Å². The second-order valence-corrected chi connectivity index (χ2v) is 8.29. The van der Waals surface area contributed by atoms with E-state index < -0.39 is 11.6 Å². The van der Waals surface area contributed by atoms with E-state index in [9.17, 15) is 14.7 Å². The van der Waals surface area contributed by atoms with Crippen molar-refractivity contribution in [1.29, 1.82) is 0 Å². The Morgan fingerprint density at radius 2 is 1.93 bits per heavy atom. The van der Waals surface area contributed by atoms with Crippen LogP contribution in [0.4, 0.5) is 4.79 Å². The van der Waals surface area contributed by atoms with Crippen molar-refractivity contribution in [3.8, 4) is 11.1 Å². The summed E-state index contributed by atoms with van der Waals surface area (Å²) in [5.41, 5.74) is 1.71. The Labute approximate surface area is 168 Å². The van der Waals surface area contributed by atoms with E-state index in [1.165, 1.54) is 0 Å². The van der Waals surface area contributed by atoms with Crippen molar-refractivity contribution < 1.29 is 19.4 Å². The number of ether oxygens (including phenoxy) is 1. The molecule has 1 saturated heterocycles. The molecule has 150 valence electrons. The number of rotatable bonds is 3. The Hall–Kier alpha value is -3.35. The molecule has 1 aliphatic heterocycles. The molecule has 2 heterocycles. The zero-order valence-corrected chi connectivity index (χ0v) is 16.6. The Morgan fingerprint density at radius 3 is 2.62 bits per heavy atom. The molecule has 1 N–H and O–H groups in total. The lowest BCUT2D eigenvalue weighted by atomic mass is 9.99. The molecular weight excluding hydrogens is 370 g/mol. The summed E-state index contributed by atoms with van der Waals surface area (Å²) < 4.78 is 7.27. The first-order valence-corrected chi connectivity index (χ1v) is 9.50. The Balaban J connectivity index is 1.52. The molecule has 0 radical (unpaired) electrons. The first kappa shape index (κ1) is 19.0. The molecule has 0 saturated carbocycles. The van der Waals surface area contributed by atoms with Crippen molar-refractivity contribution in [2.24, 2.45) is 0 Å². The fourth-order valence-electron chi connectivity index (χ4n) is 3.44. The van der Waals surface area contributed by atoms with Crippen LogP contribution in [0.3, 0.4) is 0 Å². The first-order valence-electron chi connectivity index (χ1n) is 9.50. The van der Waals surface area contributed by atoms with Crippen molar-refractivity contribution >= 4 is 22.8 Å². The Kier molecular flexibility index (Phi) is 4.53. The molecular formula is C22H23N3O4. The average molecular weight is 393 g/mol. The number of hydrogen-bond acceptors (Lipinski definition) is 4. The van der Waals surface area contributed by atoms with E-state index in [4.69, 9.17) is 4.74 Å². The summed E-state index contributed by atoms with van der Waals surface area (Å²) in [4.78, 5) is 25.0. The number of benzene rings is 2. The summed E-state index contributed by atoms with van der Waals surface area (Å²) in [6.45, 7) is 6.68. The number of fused-ring (bicyclic) bond motifs is 1. The molecule has 3 aromatic rings. The van der Waals surface area contributed by atoms with Crippen LogP contribution in [0.15, 0.2) is 48.8 Å². The molecule has 0 unspecified atom stereocenters. The van der Waals surface area contributed by atoms with Crippen molar-refractivity contribution in [3.05, 3.63) is 54.4 Å². The van der Waals surface area contributed by atoms with Crippen LogP contribution in [0.25, 0.3) is 21.9 Å². The highest BCUT2D eigenvalue weighted by Gasteiger charge is 2.35. The van der Waals surface area contributed by atoms with Gasteiger partial charge in [-0.1, -0.05) is 24.3 Å². The van der Waals surface area contributed by atoms with E-state index in [0.717, 1.165) is 21.9 Å². The van der Waals surface area contributed by atoms with Crippen LogP contribution in [0.1, 0.15) is 37.2 Å². The quantitative estimate of drug-likeness (QED) is 0.721. The van der Waals surface area contributed by atoms with Crippen LogP contribution in [0.2, 0.25) is 0 Å². The number of hydrogen-bond donors (Lipinski definition) is 1. The Bertz CT molecular complexity index is 1090. The minimum Gasteiger partial charge on any atom is -0.478 e. The molecule has 1 aromatic heterocycles. The molecule has 29 heavy (non-hydrogen) atoms. The lowest BCUT2D eigenvalue weighted by Gasteiger charge is -2.39. The van der Waals surface area contributed by atoms with Gasteiger partial charge in [-0.25, -0.2) is 9.59 Å². The van der Waals surface area contributed by atoms with E-state index in [2.05, 4.69) is 5.10 Å². The van der Waals surface area contributed by atoms with Gasteiger partial charge in [0.15, 0.2) is 0 Å². The second kappa shape index (κ2) is 6.92. The highest BCUT2D eigenvalue weighted by atomic mass is 16.6. The summed E-state index contributed by atoms with van der Waals surface area (Å²) in [5, 5.41) is 15.5. The molecule has 0 aliphatic carbocycles. The standard InChI is InChI=1S/C22H23N3O4/c1-22(2,3)29-21(28)24-12-17(13-24)25-11-16(10-23-25)18-6-4-5-14-9-15(20(26)27)7-8-19(14)18/h4-11,17H,12-13H2,1-3H3,(H,26,27). The summed E-state index contributed by atoms with van der Waals surface area (Å²) in [6.07, 6.45) is 3.47. The third-order valence-corrected chi connectivity index (χ3v) is 4.93. The van der Waals surface area contributed by atoms with Crippen molar-refractivity contribution in [3.63, 3.8) is 0 Å².